The van der Waals surface area contributed by atoms with Gasteiger partial charge in [-0.3, -0.25) is 4.79 Å². The minimum Gasteiger partial charge on any atom is -0.391 e. The highest BCUT2D eigenvalue weighted by Gasteiger charge is 2.21. The van der Waals surface area contributed by atoms with E-state index in [1.54, 1.807) is 16.2 Å². The topological polar surface area (TPSA) is 53.4 Å². The number of carbonyl (C=O) groups is 1. The van der Waals surface area contributed by atoms with Gasteiger partial charge >= 0.3 is 0 Å². The fraction of sp³-hybridized carbons (Fsp3) is 0.412. The van der Waals surface area contributed by atoms with Gasteiger partial charge in [0.2, 0.25) is 5.91 Å². The number of carbonyl (C=O) groups excluding carboxylic acids is 1. The first-order chi connectivity index (χ1) is 10.6. The van der Waals surface area contributed by atoms with E-state index in [0.717, 1.165) is 41.2 Å². The standard InChI is InChI=1S/C17H20N2O2S/c1-12-18-16(11-22-12)14-6-4-13(5-7-14)9-17(21)19-8-2-3-15(20)10-19/h4-7,11,15,20H,2-3,8-10H2,1H3. The molecule has 4 nitrogen and oxygen atoms in total. The van der Waals surface area contributed by atoms with Crippen molar-refractivity contribution in [3.63, 3.8) is 0 Å². The Hall–Kier alpha value is -1.72. The van der Waals surface area contributed by atoms with Crippen LogP contribution in [0, 0.1) is 6.92 Å². The molecule has 1 unspecified atom stereocenters. The van der Waals surface area contributed by atoms with Crippen molar-refractivity contribution in [2.75, 3.05) is 13.1 Å². The molecule has 3 rings (SSSR count). The molecule has 1 saturated heterocycles. The zero-order valence-corrected chi connectivity index (χ0v) is 13.5. The normalized spacial score (nSPS) is 18.5. The number of aliphatic hydroxyl groups excluding tert-OH is 1. The SMILES string of the molecule is Cc1nc(-c2ccc(CC(=O)N3CCCC(O)C3)cc2)cs1. The average molecular weight is 316 g/mol. The van der Waals surface area contributed by atoms with Crippen LogP contribution in [0.25, 0.3) is 11.3 Å². The van der Waals surface area contributed by atoms with Gasteiger partial charge in [-0.2, -0.15) is 0 Å². The number of aromatic nitrogens is 1. The third-order valence-corrected chi connectivity index (χ3v) is 4.75. The molecule has 2 aromatic rings. The first kappa shape index (κ1) is 15.2. The summed E-state index contributed by atoms with van der Waals surface area (Å²) in [5, 5.41) is 12.8. The van der Waals surface area contributed by atoms with Crippen LogP contribution in [-0.2, 0) is 11.2 Å². The molecule has 0 radical (unpaired) electrons. The van der Waals surface area contributed by atoms with Crippen LogP contribution < -0.4 is 0 Å². The number of hydrogen-bond donors (Lipinski definition) is 1. The van der Waals surface area contributed by atoms with Gasteiger partial charge in [0.05, 0.1) is 23.2 Å². The fourth-order valence-corrected chi connectivity index (χ4v) is 3.38. The summed E-state index contributed by atoms with van der Waals surface area (Å²) >= 11 is 1.64. The number of benzene rings is 1. The predicted octanol–water partition coefficient (Wildman–Crippen LogP) is 2.64. The monoisotopic (exact) mass is 316 g/mol. The molecule has 22 heavy (non-hydrogen) atoms. The molecule has 1 aromatic carbocycles. The lowest BCUT2D eigenvalue weighted by Gasteiger charge is -2.30. The van der Waals surface area contributed by atoms with Gasteiger partial charge < -0.3 is 10.0 Å². The maximum atomic E-state index is 12.3. The lowest BCUT2D eigenvalue weighted by atomic mass is 10.0. The number of rotatable bonds is 3. The summed E-state index contributed by atoms with van der Waals surface area (Å²) in [5.41, 5.74) is 3.06. The zero-order chi connectivity index (χ0) is 15.5. The van der Waals surface area contributed by atoms with E-state index < -0.39 is 0 Å². The van der Waals surface area contributed by atoms with E-state index in [2.05, 4.69) is 4.98 Å². The van der Waals surface area contributed by atoms with Crippen LogP contribution >= 0.6 is 11.3 Å². The average Bonchev–Trinajstić information content (AvgIpc) is 2.94. The smallest absolute Gasteiger partial charge is 0.227 e. The summed E-state index contributed by atoms with van der Waals surface area (Å²) in [6.07, 6.45) is 1.71. The molecule has 0 bridgehead atoms. The molecule has 5 heteroatoms. The number of aliphatic hydroxyl groups is 1. The van der Waals surface area contributed by atoms with Crippen molar-refractivity contribution in [1.29, 1.82) is 0 Å². The van der Waals surface area contributed by atoms with Crippen molar-refractivity contribution >= 4 is 17.2 Å². The van der Waals surface area contributed by atoms with Crippen LogP contribution in [-0.4, -0.2) is 40.1 Å². The summed E-state index contributed by atoms with van der Waals surface area (Å²) < 4.78 is 0. The second-order valence-electron chi connectivity index (χ2n) is 5.76. The van der Waals surface area contributed by atoms with E-state index in [1.807, 2.05) is 36.6 Å². The molecular formula is C17H20N2O2S. The molecule has 1 fully saturated rings. The van der Waals surface area contributed by atoms with Gasteiger partial charge in [0.1, 0.15) is 0 Å². The third-order valence-electron chi connectivity index (χ3n) is 3.97. The Labute approximate surface area is 134 Å². The Morgan fingerprint density at radius 2 is 2.18 bits per heavy atom. The largest absolute Gasteiger partial charge is 0.391 e. The molecule has 1 aliphatic heterocycles. The highest BCUT2D eigenvalue weighted by molar-refractivity contribution is 7.09. The van der Waals surface area contributed by atoms with Gasteiger partial charge in [-0.25, -0.2) is 4.98 Å². The summed E-state index contributed by atoms with van der Waals surface area (Å²) in [4.78, 5) is 18.5. The molecular weight excluding hydrogens is 296 g/mol. The Kier molecular flexibility index (Phi) is 4.55. The molecule has 2 heterocycles. The summed E-state index contributed by atoms with van der Waals surface area (Å²) in [7, 11) is 0. The number of hydrogen-bond acceptors (Lipinski definition) is 4. The molecule has 1 atom stereocenters. The fourth-order valence-electron chi connectivity index (χ4n) is 2.76. The second-order valence-corrected chi connectivity index (χ2v) is 6.82. The number of thiazole rings is 1. The minimum absolute atomic E-state index is 0.0935. The maximum absolute atomic E-state index is 12.3. The van der Waals surface area contributed by atoms with Crippen LogP contribution in [0.5, 0.6) is 0 Å². The van der Waals surface area contributed by atoms with E-state index in [-0.39, 0.29) is 12.0 Å². The van der Waals surface area contributed by atoms with E-state index >= 15 is 0 Å². The second kappa shape index (κ2) is 6.58. The first-order valence-corrected chi connectivity index (χ1v) is 8.47. The summed E-state index contributed by atoms with van der Waals surface area (Å²) in [6, 6.07) is 8.01. The number of amides is 1. The number of nitrogens with zero attached hydrogens (tertiary/aromatic N) is 2. The summed E-state index contributed by atoms with van der Waals surface area (Å²) in [5.74, 6) is 0.0935. The predicted molar refractivity (Wildman–Crippen MR) is 87.8 cm³/mol. The zero-order valence-electron chi connectivity index (χ0n) is 12.7. The Balaban J connectivity index is 1.64. The van der Waals surface area contributed by atoms with Gasteiger partial charge in [0.25, 0.3) is 0 Å². The molecule has 1 aliphatic rings. The Bertz CT molecular complexity index is 651. The molecule has 1 N–H and O–H groups in total. The van der Waals surface area contributed by atoms with Crippen LogP contribution in [0.1, 0.15) is 23.4 Å². The van der Waals surface area contributed by atoms with Crippen molar-refractivity contribution in [2.24, 2.45) is 0 Å². The quantitative estimate of drug-likeness (QED) is 0.947. The van der Waals surface area contributed by atoms with Gasteiger partial charge in [0, 0.05) is 24.0 Å². The van der Waals surface area contributed by atoms with Gasteiger partial charge in [-0.05, 0) is 25.3 Å². The van der Waals surface area contributed by atoms with E-state index in [4.69, 9.17) is 0 Å². The highest BCUT2D eigenvalue weighted by Crippen LogP contribution is 2.22. The van der Waals surface area contributed by atoms with Crippen LogP contribution in [0.4, 0.5) is 0 Å². The van der Waals surface area contributed by atoms with Crippen molar-refractivity contribution in [2.45, 2.75) is 32.3 Å². The van der Waals surface area contributed by atoms with E-state index in [0.29, 0.717) is 13.0 Å². The highest BCUT2D eigenvalue weighted by atomic mass is 32.1. The first-order valence-electron chi connectivity index (χ1n) is 7.59. The molecule has 1 amide bonds. The maximum Gasteiger partial charge on any atom is 0.227 e. The van der Waals surface area contributed by atoms with Gasteiger partial charge in [0.15, 0.2) is 0 Å². The van der Waals surface area contributed by atoms with E-state index in [9.17, 15) is 9.90 Å². The Morgan fingerprint density at radius 3 is 2.82 bits per heavy atom. The number of piperidine rings is 1. The van der Waals surface area contributed by atoms with Gasteiger partial charge in [-0.15, -0.1) is 11.3 Å². The van der Waals surface area contributed by atoms with Crippen molar-refractivity contribution in [3.05, 3.63) is 40.2 Å². The molecule has 0 aliphatic carbocycles. The number of aryl methyl sites for hydroxylation is 1. The molecule has 0 saturated carbocycles. The number of β-amino-alcohol motifs (C(OH)–C–C–N with tert-alkyl or cyclic N) is 1. The summed E-state index contributed by atoms with van der Waals surface area (Å²) in [6.45, 7) is 3.22. The van der Waals surface area contributed by atoms with Crippen molar-refractivity contribution < 1.29 is 9.90 Å². The van der Waals surface area contributed by atoms with Crippen molar-refractivity contribution in [1.82, 2.24) is 9.88 Å². The lowest BCUT2D eigenvalue weighted by Crippen LogP contribution is -2.42. The Morgan fingerprint density at radius 1 is 1.41 bits per heavy atom. The van der Waals surface area contributed by atoms with Crippen molar-refractivity contribution in [3.8, 4) is 11.3 Å². The molecule has 116 valence electrons. The third kappa shape index (κ3) is 3.54. The molecule has 0 spiro atoms. The van der Waals surface area contributed by atoms with Crippen LogP contribution in [0.15, 0.2) is 29.6 Å². The minimum atomic E-state index is -0.368. The van der Waals surface area contributed by atoms with E-state index in [1.165, 1.54) is 0 Å². The lowest BCUT2D eigenvalue weighted by molar-refractivity contribution is -0.133. The van der Waals surface area contributed by atoms with Crippen LogP contribution in [0.2, 0.25) is 0 Å². The molecule has 1 aromatic heterocycles. The van der Waals surface area contributed by atoms with Gasteiger partial charge in [-0.1, -0.05) is 24.3 Å². The number of likely N-dealkylation sites (tertiary alicyclic amines) is 1. The van der Waals surface area contributed by atoms with Crippen LogP contribution in [0.3, 0.4) is 0 Å².